The first-order chi connectivity index (χ1) is 15.2. The van der Waals surface area contributed by atoms with Crippen LogP contribution in [0, 0.1) is 18.8 Å². The molecule has 1 aliphatic rings. The minimum atomic E-state index is -5.10. The number of nitrogens with zero attached hydrogens (tertiary/aromatic N) is 2. The zero-order chi connectivity index (χ0) is 25.1. The minimum Gasteiger partial charge on any atom is -0.351 e. The van der Waals surface area contributed by atoms with Gasteiger partial charge >= 0.3 is 6.18 Å². The van der Waals surface area contributed by atoms with Crippen LogP contribution < -0.4 is 10.6 Å². The molecule has 184 valence electrons. The molecule has 33 heavy (non-hydrogen) atoms. The molecule has 0 saturated carbocycles. The highest BCUT2D eigenvalue weighted by atomic mass is 19.4. The highest BCUT2D eigenvalue weighted by Gasteiger charge is 2.46. The Morgan fingerprint density at radius 2 is 1.70 bits per heavy atom. The van der Waals surface area contributed by atoms with Gasteiger partial charge in [0.05, 0.1) is 11.7 Å². The third-order valence-electron chi connectivity index (χ3n) is 5.44. The summed E-state index contributed by atoms with van der Waals surface area (Å²) in [7, 11) is 0. The van der Waals surface area contributed by atoms with Gasteiger partial charge < -0.3 is 20.1 Å². The van der Waals surface area contributed by atoms with Crippen LogP contribution in [0.2, 0.25) is 0 Å². The predicted molar refractivity (Wildman–Crippen MR) is 110 cm³/mol. The number of nitrogens with one attached hydrogen (secondary N) is 2. The number of aromatic nitrogens is 1. The molecule has 0 spiro atoms. The molecule has 2 rings (SSSR count). The number of halogens is 3. The van der Waals surface area contributed by atoms with Gasteiger partial charge in [0.1, 0.15) is 12.1 Å². The van der Waals surface area contributed by atoms with E-state index in [4.69, 9.17) is 4.52 Å². The van der Waals surface area contributed by atoms with Crippen molar-refractivity contribution in [2.24, 2.45) is 11.8 Å². The van der Waals surface area contributed by atoms with E-state index < -0.39 is 53.7 Å². The lowest BCUT2D eigenvalue weighted by Gasteiger charge is -2.31. The number of Topliss-reactive ketones (excluding diaryl/α,β-unsaturated/α-hetero) is 1. The molecule has 9 nitrogen and oxygen atoms in total. The maximum Gasteiger partial charge on any atom is 0.452 e. The molecule has 1 aromatic heterocycles. The van der Waals surface area contributed by atoms with Crippen molar-refractivity contribution in [1.29, 1.82) is 0 Å². The SMILES string of the molecule is Cc1cc(C(=O)N[C@H](C(=O)N2CCC[C@H]2C(=O)N[C@H](C(=O)C(F)(F)F)C(C)C)C(C)C)on1. The van der Waals surface area contributed by atoms with Gasteiger partial charge in [-0.3, -0.25) is 19.2 Å². The van der Waals surface area contributed by atoms with E-state index >= 15 is 0 Å². The maximum absolute atomic E-state index is 13.2. The average Bonchev–Trinajstić information content (AvgIpc) is 3.37. The lowest BCUT2D eigenvalue weighted by Crippen LogP contribution is -2.58. The van der Waals surface area contributed by atoms with Crippen molar-refractivity contribution < 1.29 is 36.9 Å². The standard InChI is InChI=1S/C21H29F3N4O5/c1-10(2)15(17(29)21(22,23)24)25-18(30)13-7-6-8-28(13)20(32)16(11(3)4)26-19(31)14-9-12(5)27-33-14/h9-11,13,15-16H,6-8H2,1-5H3,(H,25,30)(H,26,31)/t13-,15-,16-/m0/s1. The van der Waals surface area contributed by atoms with Gasteiger partial charge in [0.2, 0.25) is 17.6 Å². The predicted octanol–water partition coefficient (Wildman–Crippen LogP) is 2.00. The normalized spacial score (nSPS) is 18.4. The molecule has 0 bridgehead atoms. The highest BCUT2D eigenvalue weighted by Crippen LogP contribution is 2.24. The Bertz CT molecular complexity index is 897. The van der Waals surface area contributed by atoms with Gasteiger partial charge in [-0.1, -0.05) is 32.9 Å². The molecule has 0 unspecified atom stereocenters. The lowest BCUT2D eigenvalue weighted by molar-refractivity contribution is -0.175. The van der Waals surface area contributed by atoms with E-state index in [1.807, 2.05) is 0 Å². The average molecular weight is 474 g/mol. The molecule has 1 fully saturated rings. The molecule has 2 heterocycles. The molecule has 0 aromatic carbocycles. The first kappa shape index (κ1) is 26.3. The van der Waals surface area contributed by atoms with Gasteiger partial charge in [-0.15, -0.1) is 0 Å². The Balaban J connectivity index is 2.16. The van der Waals surface area contributed by atoms with E-state index in [0.29, 0.717) is 12.1 Å². The molecule has 3 amide bonds. The van der Waals surface area contributed by atoms with Crippen LogP contribution in [0.1, 0.15) is 56.8 Å². The Labute approximate surface area is 189 Å². The second kappa shape index (κ2) is 10.3. The van der Waals surface area contributed by atoms with Gasteiger partial charge in [-0.2, -0.15) is 13.2 Å². The van der Waals surface area contributed by atoms with E-state index in [9.17, 15) is 32.3 Å². The number of aryl methyl sites for hydroxylation is 1. The molecular formula is C21H29F3N4O5. The molecular weight excluding hydrogens is 445 g/mol. The first-order valence-corrected chi connectivity index (χ1v) is 10.7. The molecule has 1 saturated heterocycles. The van der Waals surface area contributed by atoms with Crippen LogP contribution in [-0.2, 0) is 14.4 Å². The van der Waals surface area contributed by atoms with E-state index in [2.05, 4.69) is 15.8 Å². The van der Waals surface area contributed by atoms with Gasteiger partial charge in [0, 0.05) is 12.6 Å². The number of carbonyl (C=O) groups is 4. The van der Waals surface area contributed by atoms with Crippen LogP contribution >= 0.6 is 0 Å². The number of ketones is 1. The summed E-state index contributed by atoms with van der Waals surface area (Å²) < 4.78 is 43.7. The van der Waals surface area contributed by atoms with Crippen molar-refractivity contribution in [1.82, 2.24) is 20.7 Å². The molecule has 3 atom stereocenters. The van der Waals surface area contributed by atoms with Crippen molar-refractivity contribution in [2.45, 2.75) is 71.8 Å². The topological polar surface area (TPSA) is 122 Å². The Morgan fingerprint density at radius 1 is 1.09 bits per heavy atom. The molecule has 0 radical (unpaired) electrons. The summed E-state index contributed by atoms with van der Waals surface area (Å²) in [5, 5.41) is 8.38. The summed E-state index contributed by atoms with van der Waals surface area (Å²) >= 11 is 0. The lowest BCUT2D eigenvalue weighted by atomic mass is 9.98. The summed E-state index contributed by atoms with van der Waals surface area (Å²) in [4.78, 5) is 51.5. The summed E-state index contributed by atoms with van der Waals surface area (Å²) in [6.45, 7) is 8.01. The monoisotopic (exact) mass is 474 g/mol. The Kier molecular flexibility index (Phi) is 8.25. The zero-order valence-electron chi connectivity index (χ0n) is 19.2. The fourth-order valence-corrected chi connectivity index (χ4v) is 3.64. The number of hydrogen-bond donors (Lipinski definition) is 2. The Morgan fingerprint density at radius 3 is 2.18 bits per heavy atom. The second-order valence-electron chi connectivity index (χ2n) is 8.81. The van der Waals surface area contributed by atoms with Crippen molar-refractivity contribution >= 4 is 23.5 Å². The minimum absolute atomic E-state index is 0.0768. The number of amides is 3. The quantitative estimate of drug-likeness (QED) is 0.595. The smallest absolute Gasteiger partial charge is 0.351 e. The van der Waals surface area contributed by atoms with E-state index in [-0.39, 0.29) is 24.6 Å². The summed E-state index contributed by atoms with van der Waals surface area (Å²) in [5.41, 5.74) is 0.483. The highest BCUT2D eigenvalue weighted by molar-refractivity contribution is 5.98. The first-order valence-electron chi connectivity index (χ1n) is 10.7. The fraction of sp³-hybridized carbons (Fsp3) is 0.667. The van der Waals surface area contributed by atoms with Crippen LogP contribution in [0.3, 0.4) is 0 Å². The molecule has 0 aliphatic carbocycles. The molecule has 1 aromatic rings. The largest absolute Gasteiger partial charge is 0.452 e. The van der Waals surface area contributed by atoms with Crippen molar-refractivity contribution in [3.05, 3.63) is 17.5 Å². The number of alkyl halides is 3. The Hall–Kier alpha value is -2.92. The van der Waals surface area contributed by atoms with Gasteiger partial charge in [0.15, 0.2) is 0 Å². The maximum atomic E-state index is 13.2. The van der Waals surface area contributed by atoms with Crippen molar-refractivity contribution in [3.8, 4) is 0 Å². The number of likely N-dealkylation sites (tertiary alicyclic amines) is 1. The summed E-state index contributed by atoms with van der Waals surface area (Å²) in [5.74, 6) is -5.32. The van der Waals surface area contributed by atoms with E-state index in [1.165, 1.54) is 24.8 Å². The fourth-order valence-electron chi connectivity index (χ4n) is 3.64. The van der Waals surface area contributed by atoms with E-state index in [0.717, 1.165) is 0 Å². The van der Waals surface area contributed by atoms with Crippen LogP contribution in [0.25, 0.3) is 0 Å². The van der Waals surface area contributed by atoms with Gasteiger partial charge in [-0.05, 0) is 31.6 Å². The number of carbonyl (C=O) groups excluding carboxylic acids is 4. The molecule has 2 N–H and O–H groups in total. The summed E-state index contributed by atoms with van der Waals surface area (Å²) in [6.07, 6.45) is -4.43. The zero-order valence-corrected chi connectivity index (χ0v) is 19.2. The number of rotatable bonds is 8. The van der Waals surface area contributed by atoms with Crippen LogP contribution in [0.15, 0.2) is 10.6 Å². The van der Waals surface area contributed by atoms with Gasteiger partial charge in [0.25, 0.3) is 11.7 Å². The van der Waals surface area contributed by atoms with E-state index in [1.54, 1.807) is 20.8 Å². The molecule has 1 aliphatic heterocycles. The summed E-state index contributed by atoms with van der Waals surface area (Å²) in [6, 6.07) is -2.41. The van der Waals surface area contributed by atoms with Gasteiger partial charge in [-0.25, -0.2) is 0 Å². The third-order valence-corrected chi connectivity index (χ3v) is 5.44. The van der Waals surface area contributed by atoms with Crippen LogP contribution in [-0.4, -0.2) is 64.4 Å². The third kappa shape index (κ3) is 6.32. The number of hydrogen-bond acceptors (Lipinski definition) is 6. The van der Waals surface area contributed by atoms with Crippen molar-refractivity contribution in [3.63, 3.8) is 0 Å². The second-order valence-corrected chi connectivity index (χ2v) is 8.81. The van der Waals surface area contributed by atoms with Crippen LogP contribution in [0.4, 0.5) is 13.2 Å². The van der Waals surface area contributed by atoms with Crippen LogP contribution in [0.5, 0.6) is 0 Å². The molecule has 12 heteroatoms. The van der Waals surface area contributed by atoms with Crippen molar-refractivity contribution in [2.75, 3.05) is 6.54 Å².